The fraction of sp³-hybridized carbons (Fsp3) is 0.350. The first-order chi connectivity index (χ1) is 12.7. The quantitative estimate of drug-likeness (QED) is 0.809. The van der Waals surface area contributed by atoms with Crippen LogP contribution in [0.1, 0.15) is 6.92 Å². The van der Waals surface area contributed by atoms with Gasteiger partial charge in [-0.05, 0) is 43.4 Å². The summed E-state index contributed by atoms with van der Waals surface area (Å²) in [7, 11) is 1.66. The predicted molar refractivity (Wildman–Crippen MR) is 111 cm³/mol. The summed E-state index contributed by atoms with van der Waals surface area (Å²) >= 11 is 5.60. The number of benzene rings is 2. The van der Waals surface area contributed by atoms with Crippen LogP contribution in [-0.2, 0) is 0 Å². The third kappa shape index (κ3) is 4.19. The Hall–Kier alpha value is -2.47. The lowest BCUT2D eigenvalue weighted by Gasteiger charge is -2.38. The van der Waals surface area contributed by atoms with Gasteiger partial charge in [-0.25, -0.2) is 0 Å². The number of ether oxygens (including phenoxy) is 2. The summed E-state index contributed by atoms with van der Waals surface area (Å²) < 4.78 is 11.1. The molecule has 2 aromatic carbocycles. The van der Waals surface area contributed by atoms with Crippen molar-refractivity contribution >= 4 is 28.7 Å². The number of para-hydroxylation sites is 4. The molecule has 0 spiro atoms. The van der Waals surface area contributed by atoms with E-state index < -0.39 is 0 Å². The molecule has 2 aromatic rings. The Kier molecular flexibility index (Phi) is 6.17. The van der Waals surface area contributed by atoms with Crippen LogP contribution in [-0.4, -0.2) is 49.9 Å². The van der Waals surface area contributed by atoms with Crippen LogP contribution in [0.4, 0.5) is 11.4 Å². The van der Waals surface area contributed by atoms with Gasteiger partial charge in [0, 0.05) is 26.2 Å². The normalized spacial score (nSPS) is 14.1. The first kappa shape index (κ1) is 18.3. The van der Waals surface area contributed by atoms with Crippen molar-refractivity contribution in [1.29, 1.82) is 0 Å². The van der Waals surface area contributed by atoms with Gasteiger partial charge in [0.25, 0.3) is 0 Å². The zero-order valence-corrected chi connectivity index (χ0v) is 16.1. The molecule has 3 rings (SSSR count). The summed E-state index contributed by atoms with van der Waals surface area (Å²) in [4.78, 5) is 4.55. The van der Waals surface area contributed by atoms with Crippen LogP contribution in [0.3, 0.4) is 0 Å². The van der Waals surface area contributed by atoms with E-state index in [4.69, 9.17) is 21.7 Å². The number of anilines is 2. The molecule has 0 aromatic heterocycles. The summed E-state index contributed by atoms with van der Waals surface area (Å²) in [6.07, 6.45) is 0. The van der Waals surface area contributed by atoms with Gasteiger partial charge < -0.3 is 24.6 Å². The monoisotopic (exact) mass is 371 g/mol. The highest BCUT2D eigenvalue weighted by molar-refractivity contribution is 7.80. The molecule has 5 nitrogen and oxygen atoms in total. The van der Waals surface area contributed by atoms with Gasteiger partial charge in [-0.3, -0.25) is 0 Å². The highest BCUT2D eigenvalue weighted by Gasteiger charge is 2.21. The zero-order valence-electron chi connectivity index (χ0n) is 15.3. The first-order valence-electron chi connectivity index (χ1n) is 8.88. The fourth-order valence-corrected chi connectivity index (χ4v) is 3.38. The van der Waals surface area contributed by atoms with Crippen LogP contribution in [0.15, 0.2) is 48.5 Å². The summed E-state index contributed by atoms with van der Waals surface area (Å²) in [6.45, 7) is 6.21. The van der Waals surface area contributed by atoms with E-state index in [2.05, 4.69) is 27.2 Å². The van der Waals surface area contributed by atoms with Crippen LogP contribution >= 0.6 is 12.2 Å². The second-order valence-electron chi connectivity index (χ2n) is 6.01. The Morgan fingerprint density at radius 3 is 2.35 bits per heavy atom. The number of rotatable bonds is 5. The third-order valence-corrected chi connectivity index (χ3v) is 4.78. The predicted octanol–water partition coefficient (Wildman–Crippen LogP) is 3.61. The third-order valence-electron chi connectivity index (χ3n) is 4.42. The lowest BCUT2D eigenvalue weighted by Crippen LogP contribution is -2.50. The lowest BCUT2D eigenvalue weighted by atomic mass is 10.2. The molecule has 138 valence electrons. The molecule has 0 bridgehead atoms. The molecule has 1 aliphatic rings. The minimum absolute atomic E-state index is 0.671. The van der Waals surface area contributed by atoms with Gasteiger partial charge in [-0.15, -0.1) is 0 Å². The maximum atomic E-state index is 5.76. The van der Waals surface area contributed by atoms with Crippen LogP contribution in [0.5, 0.6) is 11.5 Å². The van der Waals surface area contributed by atoms with E-state index >= 15 is 0 Å². The second kappa shape index (κ2) is 8.76. The summed E-state index contributed by atoms with van der Waals surface area (Å²) in [6, 6.07) is 16.0. The number of hydrogen-bond acceptors (Lipinski definition) is 4. The van der Waals surface area contributed by atoms with E-state index in [1.807, 2.05) is 43.3 Å². The number of thiocarbonyl (C=S) groups is 1. The van der Waals surface area contributed by atoms with Gasteiger partial charge in [0.05, 0.1) is 25.1 Å². The van der Waals surface area contributed by atoms with E-state index in [1.54, 1.807) is 7.11 Å². The van der Waals surface area contributed by atoms with Crippen molar-refractivity contribution in [3.8, 4) is 11.5 Å². The minimum Gasteiger partial charge on any atom is -0.495 e. The van der Waals surface area contributed by atoms with Crippen molar-refractivity contribution in [3.63, 3.8) is 0 Å². The van der Waals surface area contributed by atoms with Crippen LogP contribution in [0.2, 0.25) is 0 Å². The molecule has 1 saturated heterocycles. The number of piperazine rings is 1. The number of nitrogens with zero attached hydrogens (tertiary/aromatic N) is 2. The molecule has 0 amide bonds. The SMILES string of the molecule is CCOc1ccccc1N1CCN(C(=S)Nc2ccccc2OC)CC1. The van der Waals surface area contributed by atoms with E-state index in [1.165, 1.54) is 0 Å². The van der Waals surface area contributed by atoms with E-state index in [0.717, 1.165) is 54.2 Å². The largest absolute Gasteiger partial charge is 0.495 e. The Morgan fingerprint density at radius 1 is 1.00 bits per heavy atom. The summed E-state index contributed by atoms with van der Waals surface area (Å²) in [5, 5.41) is 4.04. The minimum atomic E-state index is 0.671. The highest BCUT2D eigenvalue weighted by Crippen LogP contribution is 2.29. The van der Waals surface area contributed by atoms with Crippen molar-refractivity contribution in [2.24, 2.45) is 0 Å². The molecule has 1 aliphatic heterocycles. The molecular formula is C20H25N3O2S. The van der Waals surface area contributed by atoms with Gasteiger partial charge in [0.2, 0.25) is 0 Å². The molecule has 0 saturated carbocycles. The van der Waals surface area contributed by atoms with Gasteiger partial charge in [0.1, 0.15) is 11.5 Å². The molecule has 1 fully saturated rings. The zero-order chi connectivity index (χ0) is 18.4. The van der Waals surface area contributed by atoms with Gasteiger partial charge >= 0.3 is 0 Å². The van der Waals surface area contributed by atoms with Crippen LogP contribution < -0.4 is 19.7 Å². The Morgan fingerprint density at radius 2 is 1.65 bits per heavy atom. The lowest BCUT2D eigenvalue weighted by molar-refractivity contribution is 0.336. The van der Waals surface area contributed by atoms with E-state index in [0.29, 0.717) is 6.61 Å². The molecular weight excluding hydrogens is 346 g/mol. The molecule has 26 heavy (non-hydrogen) atoms. The molecule has 0 radical (unpaired) electrons. The average Bonchev–Trinajstić information content (AvgIpc) is 2.69. The van der Waals surface area contributed by atoms with Gasteiger partial charge in [0.15, 0.2) is 5.11 Å². The van der Waals surface area contributed by atoms with E-state index in [-0.39, 0.29) is 0 Å². The maximum absolute atomic E-state index is 5.76. The smallest absolute Gasteiger partial charge is 0.173 e. The van der Waals surface area contributed by atoms with Crippen molar-refractivity contribution in [2.45, 2.75) is 6.92 Å². The molecule has 1 N–H and O–H groups in total. The Bertz CT molecular complexity index is 745. The Labute approximate surface area is 160 Å². The number of methoxy groups -OCH3 is 1. The topological polar surface area (TPSA) is 37.0 Å². The Balaban J connectivity index is 1.61. The summed E-state index contributed by atoms with van der Waals surface area (Å²) in [5.41, 5.74) is 2.04. The van der Waals surface area contributed by atoms with Crippen molar-refractivity contribution < 1.29 is 9.47 Å². The average molecular weight is 372 g/mol. The molecule has 0 atom stereocenters. The van der Waals surface area contributed by atoms with Gasteiger partial charge in [-0.2, -0.15) is 0 Å². The van der Waals surface area contributed by atoms with Crippen LogP contribution in [0.25, 0.3) is 0 Å². The second-order valence-corrected chi connectivity index (χ2v) is 6.39. The number of hydrogen-bond donors (Lipinski definition) is 1. The molecule has 0 unspecified atom stereocenters. The van der Waals surface area contributed by atoms with Crippen molar-refractivity contribution in [3.05, 3.63) is 48.5 Å². The van der Waals surface area contributed by atoms with E-state index in [9.17, 15) is 0 Å². The van der Waals surface area contributed by atoms with Crippen molar-refractivity contribution in [1.82, 2.24) is 4.90 Å². The first-order valence-corrected chi connectivity index (χ1v) is 9.29. The summed E-state index contributed by atoms with van der Waals surface area (Å²) in [5.74, 6) is 1.73. The fourth-order valence-electron chi connectivity index (χ4n) is 3.09. The molecule has 1 heterocycles. The highest BCUT2D eigenvalue weighted by atomic mass is 32.1. The van der Waals surface area contributed by atoms with Crippen LogP contribution in [0, 0.1) is 0 Å². The van der Waals surface area contributed by atoms with Gasteiger partial charge in [-0.1, -0.05) is 24.3 Å². The molecule has 0 aliphatic carbocycles. The number of nitrogens with one attached hydrogen (secondary N) is 1. The standard InChI is InChI=1S/C20H25N3O2S/c1-3-25-19-11-7-5-9-17(19)22-12-14-23(15-13-22)20(26)21-16-8-4-6-10-18(16)24-2/h4-11H,3,12-15H2,1-2H3,(H,21,26). The maximum Gasteiger partial charge on any atom is 0.173 e. The molecule has 6 heteroatoms. The van der Waals surface area contributed by atoms with Crippen molar-refractivity contribution in [2.75, 3.05) is 50.1 Å².